The maximum atomic E-state index is 13.0. The van der Waals surface area contributed by atoms with Crippen LogP contribution in [-0.2, 0) is 4.79 Å². The number of pyridine rings is 1. The Bertz CT molecular complexity index is 966. The third-order valence-corrected chi connectivity index (χ3v) is 3.71. The number of aromatic nitrogens is 3. The molecule has 0 saturated carbocycles. The van der Waals surface area contributed by atoms with E-state index in [9.17, 15) is 19.1 Å². The summed E-state index contributed by atoms with van der Waals surface area (Å²) in [6.07, 6.45) is 1.49. The first-order valence-electron chi connectivity index (χ1n) is 7.48. The van der Waals surface area contributed by atoms with Gasteiger partial charge in [-0.05, 0) is 43.2 Å². The van der Waals surface area contributed by atoms with Crippen LogP contribution < -0.4 is 5.32 Å². The number of amides is 1. The molecular weight excluding hydrogens is 327 g/mol. The number of hydrogen-bond donors (Lipinski definition) is 2. The van der Waals surface area contributed by atoms with Crippen LogP contribution in [0.5, 0.6) is 0 Å². The topological polar surface area (TPSA) is 96.6 Å². The van der Waals surface area contributed by atoms with E-state index >= 15 is 0 Å². The molecule has 0 aliphatic rings. The van der Waals surface area contributed by atoms with Crippen molar-refractivity contribution in [2.24, 2.45) is 0 Å². The van der Waals surface area contributed by atoms with Crippen molar-refractivity contribution in [3.05, 3.63) is 64.9 Å². The van der Waals surface area contributed by atoms with Crippen molar-refractivity contribution in [2.45, 2.75) is 19.9 Å². The molecule has 1 unspecified atom stereocenters. The fraction of sp³-hybridized carbons (Fsp3) is 0.176. The Kier molecular flexibility index (Phi) is 4.18. The van der Waals surface area contributed by atoms with E-state index in [0.717, 1.165) is 17.7 Å². The molecule has 2 heterocycles. The summed E-state index contributed by atoms with van der Waals surface area (Å²) < 4.78 is 14.5. The van der Waals surface area contributed by atoms with Gasteiger partial charge in [-0.3, -0.25) is 4.79 Å². The minimum Gasteiger partial charge on any atom is -0.479 e. The summed E-state index contributed by atoms with van der Waals surface area (Å²) in [5.41, 5.74) is 1.89. The molecule has 2 aromatic heterocycles. The number of nitrogens with zero attached hydrogens (tertiary/aromatic N) is 3. The number of carbonyl (C=O) groups is 2. The number of hydrogen-bond acceptors (Lipinski definition) is 4. The van der Waals surface area contributed by atoms with Crippen LogP contribution in [0, 0.1) is 19.7 Å². The quantitative estimate of drug-likeness (QED) is 0.756. The SMILES string of the molecule is Cc1nc2c(C)cc(C(=O)NC(C(=O)O)c3ccc(F)cc3)cn2n1. The van der Waals surface area contributed by atoms with Crippen molar-refractivity contribution in [3.8, 4) is 0 Å². The second-order valence-corrected chi connectivity index (χ2v) is 5.64. The lowest BCUT2D eigenvalue weighted by Crippen LogP contribution is -2.34. The molecule has 1 aromatic carbocycles. The molecule has 3 aromatic rings. The van der Waals surface area contributed by atoms with Crippen molar-refractivity contribution in [3.63, 3.8) is 0 Å². The Labute approximate surface area is 142 Å². The number of rotatable bonds is 4. The Morgan fingerprint density at radius 1 is 1.24 bits per heavy atom. The monoisotopic (exact) mass is 342 g/mol. The Morgan fingerprint density at radius 3 is 2.56 bits per heavy atom. The molecule has 2 N–H and O–H groups in total. The number of halogens is 1. The van der Waals surface area contributed by atoms with E-state index in [-0.39, 0.29) is 11.1 Å². The number of aliphatic carboxylic acids is 1. The van der Waals surface area contributed by atoms with Crippen molar-refractivity contribution in [1.82, 2.24) is 19.9 Å². The van der Waals surface area contributed by atoms with Crippen LogP contribution in [0.2, 0.25) is 0 Å². The minimum absolute atomic E-state index is 0.253. The van der Waals surface area contributed by atoms with E-state index in [2.05, 4.69) is 15.4 Å². The van der Waals surface area contributed by atoms with Gasteiger partial charge in [0.1, 0.15) is 11.6 Å². The predicted octanol–water partition coefficient (Wildman–Crippen LogP) is 2.04. The smallest absolute Gasteiger partial charge is 0.330 e. The standard InChI is InChI=1S/C17H15FN4O3/c1-9-7-12(8-22-15(9)19-10(2)21-22)16(23)20-14(17(24)25)11-3-5-13(18)6-4-11/h3-8,14H,1-2H3,(H,20,23)(H,24,25). The van der Waals surface area contributed by atoms with Crippen LogP contribution in [0.3, 0.4) is 0 Å². The van der Waals surface area contributed by atoms with Gasteiger partial charge >= 0.3 is 5.97 Å². The highest BCUT2D eigenvalue weighted by molar-refractivity contribution is 5.97. The van der Waals surface area contributed by atoms with Gasteiger partial charge in [-0.25, -0.2) is 18.7 Å². The third-order valence-electron chi connectivity index (χ3n) is 3.71. The number of carboxylic acids is 1. The summed E-state index contributed by atoms with van der Waals surface area (Å²) in [6.45, 7) is 3.52. The number of benzene rings is 1. The highest BCUT2D eigenvalue weighted by atomic mass is 19.1. The summed E-state index contributed by atoms with van der Waals surface area (Å²) in [6, 6.07) is 5.26. The van der Waals surface area contributed by atoms with Gasteiger partial charge in [0.15, 0.2) is 11.7 Å². The van der Waals surface area contributed by atoms with Crippen molar-refractivity contribution < 1.29 is 19.1 Å². The van der Waals surface area contributed by atoms with E-state index in [1.54, 1.807) is 19.9 Å². The van der Waals surface area contributed by atoms with Gasteiger partial charge in [0.2, 0.25) is 0 Å². The molecule has 0 spiro atoms. The maximum Gasteiger partial charge on any atom is 0.330 e. The molecule has 1 amide bonds. The second-order valence-electron chi connectivity index (χ2n) is 5.64. The fourth-order valence-electron chi connectivity index (χ4n) is 2.54. The van der Waals surface area contributed by atoms with Gasteiger partial charge in [0.25, 0.3) is 5.91 Å². The zero-order valence-corrected chi connectivity index (χ0v) is 13.5. The molecule has 25 heavy (non-hydrogen) atoms. The molecule has 128 valence electrons. The summed E-state index contributed by atoms with van der Waals surface area (Å²) in [5, 5.41) is 16.0. The Hall–Kier alpha value is -3.29. The van der Waals surface area contributed by atoms with Gasteiger partial charge in [0.05, 0.1) is 5.56 Å². The van der Waals surface area contributed by atoms with Crippen LogP contribution in [0.4, 0.5) is 4.39 Å². The largest absolute Gasteiger partial charge is 0.479 e. The average Bonchev–Trinajstić information content (AvgIpc) is 2.94. The number of nitrogens with one attached hydrogen (secondary N) is 1. The Balaban J connectivity index is 1.91. The zero-order chi connectivity index (χ0) is 18.1. The van der Waals surface area contributed by atoms with E-state index in [1.165, 1.54) is 22.8 Å². The maximum absolute atomic E-state index is 13.0. The summed E-state index contributed by atoms with van der Waals surface area (Å²) in [5.74, 6) is -1.73. The van der Waals surface area contributed by atoms with Gasteiger partial charge < -0.3 is 10.4 Å². The molecule has 1 atom stereocenters. The lowest BCUT2D eigenvalue weighted by atomic mass is 10.1. The van der Waals surface area contributed by atoms with Crippen LogP contribution in [0.25, 0.3) is 5.65 Å². The molecule has 0 saturated heterocycles. The molecule has 0 aliphatic carbocycles. The van der Waals surface area contributed by atoms with Crippen LogP contribution >= 0.6 is 0 Å². The highest BCUT2D eigenvalue weighted by Crippen LogP contribution is 2.16. The zero-order valence-electron chi connectivity index (χ0n) is 13.5. The normalized spacial score (nSPS) is 12.1. The Morgan fingerprint density at radius 2 is 1.92 bits per heavy atom. The lowest BCUT2D eigenvalue weighted by Gasteiger charge is -2.15. The van der Waals surface area contributed by atoms with Crippen LogP contribution in [0.15, 0.2) is 36.5 Å². The van der Waals surface area contributed by atoms with E-state index in [4.69, 9.17) is 0 Å². The van der Waals surface area contributed by atoms with E-state index in [0.29, 0.717) is 11.5 Å². The molecule has 3 rings (SSSR count). The van der Waals surface area contributed by atoms with Gasteiger partial charge in [0, 0.05) is 6.20 Å². The molecule has 0 fully saturated rings. The van der Waals surface area contributed by atoms with Crippen molar-refractivity contribution in [2.75, 3.05) is 0 Å². The summed E-state index contributed by atoms with van der Waals surface area (Å²) in [7, 11) is 0. The molecule has 0 aliphatic heterocycles. The number of carboxylic acid groups (broad SMARTS) is 1. The summed E-state index contributed by atoms with van der Waals surface area (Å²) >= 11 is 0. The number of fused-ring (bicyclic) bond motifs is 1. The van der Waals surface area contributed by atoms with Crippen molar-refractivity contribution in [1.29, 1.82) is 0 Å². The van der Waals surface area contributed by atoms with Gasteiger partial charge in [-0.1, -0.05) is 12.1 Å². The number of aryl methyl sites for hydroxylation is 2. The number of carbonyl (C=O) groups excluding carboxylic acids is 1. The van der Waals surface area contributed by atoms with E-state index < -0.39 is 23.7 Å². The van der Waals surface area contributed by atoms with Crippen molar-refractivity contribution >= 4 is 17.5 Å². The van der Waals surface area contributed by atoms with Gasteiger partial charge in [-0.2, -0.15) is 5.10 Å². The molecule has 7 nitrogen and oxygen atoms in total. The van der Waals surface area contributed by atoms with Crippen LogP contribution in [-0.4, -0.2) is 31.6 Å². The van der Waals surface area contributed by atoms with Crippen LogP contribution in [0.1, 0.15) is 33.4 Å². The lowest BCUT2D eigenvalue weighted by molar-refractivity contribution is -0.139. The average molecular weight is 342 g/mol. The molecular formula is C17H15FN4O3. The first kappa shape index (κ1) is 16.6. The first-order valence-corrected chi connectivity index (χ1v) is 7.48. The van der Waals surface area contributed by atoms with Gasteiger partial charge in [-0.15, -0.1) is 0 Å². The molecule has 0 radical (unpaired) electrons. The third kappa shape index (κ3) is 3.32. The molecule has 0 bridgehead atoms. The minimum atomic E-state index is -1.29. The molecule has 8 heteroatoms. The second kappa shape index (κ2) is 6.31. The van der Waals surface area contributed by atoms with E-state index in [1.807, 2.05) is 0 Å². The highest BCUT2D eigenvalue weighted by Gasteiger charge is 2.23. The first-order chi connectivity index (χ1) is 11.8. The fourth-order valence-corrected chi connectivity index (χ4v) is 2.54. The summed E-state index contributed by atoms with van der Waals surface area (Å²) in [4.78, 5) is 28.2. The predicted molar refractivity (Wildman–Crippen MR) is 86.7 cm³/mol.